The van der Waals surface area contributed by atoms with E-state index in [4.69, 9.17) is 11.6 Å². The normalized spacial score (nSPS) is 10.9. The van der Waals surface area contributed by atoms with Gasteiger partial charge in [0.25, 0.3) is 5.91 Å². The van der Waals surface area contributed by atoms with Crippen LogP contribution in [0.1, 0.15) is 46.4 Å². The Hall–Kier alpha value is -3.75. The van der Waals surface area contributed by atoms with Crippen molar-refractivity contribution in [1.29, 1.82) is 0 Å². The van der Waals surface area contributed by atoms with Gasteiger partial charge >= 0.3 is 0 Å². The second-order valence-electron chi connectivity index (χ2n) is 8.01. The molecule has 1 aromatic heterocycles. The summed E-state index contributed by atoms with van der Waals surface area (Å²) < 4.78 is 0. The molecule has 1 atom stereocenters. The second kappa shape index (κ2) is 15.3. The minimum Gasteiger partial charge on any atom is -0.348 e. The smallest absolute Gasteiger partial charge is 0.251 e. The zero-order valence-corrected chi connectivity index (χ0v) is 21.4. The second-order valence-corrected chi connectivity index (χ2v) is 8.44. The quantitative estimate of drug-likeness (QED) is 0.308. The average molecular weight is 510 g/mol. The zero-order chi connectivity index (χ0) is 26.3. The number of aromatic nitrogens is 1. The van der Waals surface area contributed by atoms with Gasteiger partial charge in [-0.05, 0) is 73.5 Å². The van der Waals surface area contributed by atoms with E-state index in [1.165, 1.54) is 17.2 Å². The highest BCUT2D eigenvalue weighted by molar-refractivity contribution is 6.30. The van der Waals surface area contributed by atoms with Crippen LogP contribution in [0.25, 0.3) is 0 Å². The van der Waals surface area contributed by atoms with Crippen molar-refractivity contribution in [3.8, 4) is 0 Å². The highest BCUT2D eigenvalue weighted by Crippen LogP contribution is 2.15. The number of halogens is 1. The number of pyridine rings is 1. The fourth-order valence-corrected chi connectivity index (χ4v) is 3.76. The number of nitrogens with one attached hydrogen (secondary N) is 4. The van der Waals surface area contributed by atoms with E-state index in [1.807, 2.05) is 45.2 Å². The monoisotopic (exact) mass is 509 g/mol. The Morgan fingerprint density at radius 2 is 1.92 bits per heavy atom. The third-order valence-electron chi connectivity index (χ3n) is 5.07. The molecule has 0 spiro atoms. The molecule has 3 rings (SSSR count). The van der Waals surface area contributed by atoms with Crippen molar-refractivity contribution >= 4 is 35.5 Å². The fourth-order valence-electron chi connectivity index (χ4n) is 3.45. The van der Waals surface area contributed by atoms with E-state index in [1.54, 1.807) is 30.6 Å². The molecule has 0 saturated carbocycles. The molecule has 2 aromatic carbocycles. The van der Waals surface area contributed by atoms with E-state index in [0.717, 1.165) is 17.1 Å². The largest absolute Gasteiger partial charge is 0.348 e. The number of hydrogen-bond acceptors (Lipinski definition) is 5. The molecule has 190 valence electrons. The van der Waals surface area contributed by atoms with Crippen LogP contribution in [0.4, 0.5) is 5.69 Å². The number of aryl methyl sites for hydroxylation is 1. The summed E-state index contributed by atoms with van der Waals surface area (Å²) in [5.74, 6) is -0.676. The Morgan fingerprint density at radius 3 is 2.56 bits per heavy atom. The Balaban J connectivity index is 0.000000346. The summed E-state index contributed by atoms with van der Waals surface area (Å²) in [5, 5.41) is 11.8. The summed E-state index contributed by atoms with van der Waals surface area (Å²) >= 11 is 5.86. The lowest BCUT2D eigenvalue weighted by atomic mass is 10.1. The third-order valence-corrected chi connectivity index (χ3v) is 5.29. The van der Waals surface area contributed by atoms with Crippen LogP contribution in [0.5, 0.6) is 0 Å². The van der Waals surface area contributed by atoms with E-state index in [0.29, 0.717) is 24.1 Å². The van der Waals surface area contributed by atoms with Crippen LogP contribution in [0.3, 0.4) is 0 Å². The van der Waals surface area contributed by atoms with Gasteiger partial charge in [-0.2, -0.15) is 0 Å². The average Bonchev–Trinajstić information content (AvgIpc) is 2.87. The maximum atomic E-state index is 12.1. The number of anilines is 1. The highest BCUT2D eigenvalue weighted by atomic mass is 35.5. The molecule has 0 aliphatic rings. The van der Waals surface area contributed by atoms with Crippen LogP contribution in [0, 0.1) is 6.92 Å². The van der Waals surface area contributed by atoms with E-state index in [-0.39, 0.29) is 24.4 Å². The van der Waals surface area contributed by atoms with Gasteiger partial charge in [-0.25, -0.2) is 0 Å². The molecule has 9 heteroatoms. The molecule has 0 aliphatic carbocycles. The first-order valence-corrected chi connectivity index (χ1v) is 11.9. The fraction of sp³-hybridized carbons (Fsp3) is 0.259. The van der Waals surface area contributed by atoms with Gasteiger partial charge in [0.1, 0.15) is 0 Å². The Morgan fingerprint density at radius 1 is 1.11 bits per heavy atom. The van der Waals surface area contributed by atoms with Gasteiger partial charge in [0.05, 0.1) is 12.6 Å². The Labute approximate surface area is 216 Å². The van der Waals surface area contributed by atoms with Crippen LogP contribution in [-0.4, -0.2) is 36.8 Å². The summed E-state index contributed by atoms with van der Waals surface area (Å²) in [6, 6.07) is 16.1. The molecule has 4 N–H and O–H groups in total. The molecule has 3 aromatic rings. The SMILES string of the molecule is CCC(NC(=O)CNC(=O)c1cccc(NC=O)c1)c1cccnc1.CNCc1cc(C)cc(Cl)c1. The van der Waals surface area contributed by atoms with Crippen molar-refractivity contribution in [3.63, 3.8) is 0 Å². The number of carbonyl (C=O) groups excluding carboxylic acids is 3. The zero-order valence-electron chi connectivity index (χ0n) is 20.7. The van der Waals surface area contributed by atoms with Crippen molar-refractivity contribution in [2.24, 2.45) is 0 Å². The lowest BCUT2D eigenvalue weighted by Gasteiger charge is -2.17. The first-order chi connectivity index (χ1) is 17.4. The molecule has 8 nitrogen and oxygen atoms in total. The minimum atomic E-state index is -0.390. The Bertz CT molecular complexity index is 1120. The molecule has 0 fully saturated rings. The van der Waals surface area contributed by atoms with E-state index in [2.05, 4.69) is 32.3 Å². The van der Waals surface area contributed by atoms with E-state index >= 15 is 0 Å². The topological polar surface area (TPSA) is 112 Å². The van der Waals surface area contributed by atoms with Gasteiger partial charge in [-0.15, -0.1) is 0 Å². The molecular weight excluding hydrogens is 478 g/mol. The molecule has 36 heavy (non-hydrogen) atoms. The van der Waals surface area contributed by atoms with Crippen molar-refractivity contribution in [2.75, 3.05) is 18.9 Å². The van der Waals surface area contributed by atoms with Gasteiger partial charge in [-0.1, -0.05) is 36.7 Å². The van der Waals surface area contributed by atoms with Crippen LogP contribution in [0.15, 0.2) is 67.0 Å². The molecule has 1 unspecified atom stereocenters. The summed E-state index contributed by atoms with van der Waals surface area (Å²) in [7, 11) is 1.93. The maximum absolute atomic E-state index is 12.1. The molecule has 1 heterocycles. The maximum Gasteiger partial charge on any atom is 0.251 e. The number of nitrogens with zero attached hydrogens (tertiary/aromatic N) is 1. The summed E-state index contributed by atoms with van der Waals surface area (Å²) in [4.78, 5) is 38.7. The third kappa shape index (κ3) is 9.85. The van der Waals surface area contributed by atoms with Crippen molar-refractivity contribution in [3.05, 3.63) is 94.3 Å². The first-order valence-electron chi connectivity index (χ1n) is 11.5. The van der Waals surface area contributed by atoms with Crippen molar-refractivity contribution in [1.82, 2.24) is 20.9 Å². The standard InChI is InChI=1S/C18H20N4O3.C9H12ClN/c1-2-16(14-6-4-8-19-10-14)22-17(24)11-20-18(25)13-5-3-7-15(9-13)21-12-23;1-7-3-8(6-11-2)5-9(10)4-7/h3-10,12,16H,2,11H2,1H3,(H,20,25)(H,21,23)(H,22,24);3-5,11H,6H2,1-2H3. The molecule has 0 aliphatic heterocycles. The van der Waals surface area contributed by atoms with E-state index < -0.39 is 0 Å². The van der Waals surface area contributed by atoms with Gasteiger partial charge in [0.15, 0.2) is 0 Å². The summed E-state index contributed by atoms with van der Waals surface area (Å²) in [6.45, 7) is 4.75. The highest BCUT2D eigenvalue weighted by Gasteiger charge is 2.14. The Kier molecular flexibility index (Phi) is 12.1. The van der Waals surface area contributed by atoms with Gasteiger partial charge < -0.3 is 21.3 Å². The van der Waals surface area contributed by atoms with Gasteiger partial charge in [0, 0.05) is 35.2 Å². The molecule has 0 bridgehead atoms. The molecular formula is C27H32ClN5O3. The molecule has 0 saturated heterocycles. The van der Waals surface area contributed by atoms with Crippen molar-refractivity contribution in [2.45, 2.75) is 32.9 Å². The van der Waals surface area contributed by atoms with Crippen LogP contribution in [0.2, 0.25) is 5.02 Å². The first kappa shape index (κ1) is 28.5. The predicted octanol–water partition coefficient (Wildman–Crippen LogP) is 4.02. The predicted molar refractivity (Wildman–Crippen MR) is 143 cm³/mol. The lowest BCUT2D eigenvalue weighted by molar-refractivity contribution is -0.120. The van der Waals surface area contributed by atoms with Gasteiger partial charge in [0.2, 0.25) is 12.3 Å². The minimum absolute atomic E-state index is 0.138. The number of benzene rings is 2. The van der Waals surface area contributed by atoms with Crippen molar-refractivity contribution < 1.29 is 14.4 Å². The number of amides is 3. The lowest BCUT2D eigenvalue weighted by Crippen LogP contribution is -2.38. The number of carbonyl (C=O) groups is 3. The molecule has 0 radical (unpaired) electrons. The van der Waals surface area contributed by atoms with Gasteiger partial charge in [-0.3, -0.25) is 19.4 Å². The summed E-state index contributed by atoms with van der Waals surface area (Å²) in [5.41, 5.74) is 4.23. The number of hydrogen-bond donors (Lipinski definition) is 4. The number of rotatable bonds is 10. The van der Waals surface area contributed by atoms with E-state index in [9.17, 15) is 14.4 Å². The molecule has 3 amide bonds. The van der Waals surface area contributed by atoms with Crippen LogP contribution >= 0.6 is 11.6 Å². The van der Waals surface area contributed by atoms with Crippen LogP contribution in [-0.2, 0) is 16.1 Å². The summed E-state index contributed by atoms with van der Waals surface area (Å²) in [6.07, 6.45) is 4.63. The van der Waals surface area contributed by atoms with Crippen LogP contribution < -0.4 is 21.3 Å².